The van der Waals surface area contributed by atoms with Crippen molar-refractivity contribution in [3.8, 4) is 11.4 Å². The number of aromatic nitrogens is 2. The summed E-state index contributed by atoms with van der Waals surface area (Å²) in [4.78, 5) is 58.8. The standard InChI is InChI=1S/C43H32Cl2N6O4/c44-33-25-30(15-20-34(33)49-42(54)28-11-16-31(17-12-28)46-37(52)23-26-7-3-1-4-8-26)41-48-36-22-21-35(39(45)40(36)51-41)50-43(55)29-13-18-32(19-14-29)47-38(53)24-27-9-5-2-6-10-27/h1-22,25H,23-24H2,(H,46,52)(H,47,53)(H,48,51)(H,49,54)(H,50,55). The monoisotopic (exact) mass is 766 g/mol. The molecule has 0 atom stereocenters. The third-order valence-corrected chi connectivity index (χ3v) is 9.32. The van der Waals surface area contributed by atoms with Gasteiger partial charge in [-0.3, -0.25) is 19.2 Å². The highest BCUT2D eigenvalue weighted by Crippen LogP contribution is 2.34. The summed E-state index contributed by atoms with van der Waals surface area (Å²) < 4.78 is 0. The molecule has 272 valence electrons. The van der Waals surface area contributed by atoms with E-state index in [1.807, 2.05) is 60.7 Å². The number of amides is 4. The summed E-state index contributed by atoms with van der Waals surface area (Å²) in [5, 5.41) is 11.9. The van der Waals surface area contributed by atoms with Crippen molar-refractivity contribution in [2.75, 3.05) is 21.3 Å². The molecule has 5 N–H and O–H groups in total. The SMILES string of the molecule is O=C(Cc1ccccc1)Nc1ccc(C(=O)Nc2ccc(-c3nc4ccc(NC(=O)c5ccc(NC(=O)Cc6ccccc6)cc5)c(Cl)c4[nH]3)cc2Cl)cc1. The van der Waals surface area contributed by atoms with E-state index in [4.69, 9.17) is 23.2 Å². The lowest BCUT2D eigenvalue weighted by molar-refractivity contribution is -0.116. The van der Waals surface area contributed by atoms with Crippen molar-refractivity contribution in [3.05, 3.63) is 172 Å². The predicted molar refractivity (Wildman–Crippen MR) is 218 cm³/mol. The predicted octanol–water partition coefficient (Wildman–Crippen LogP) is 9.40. The summed E-state index contributed by atoms with van der Waals surface area (Å²) in [6.45, 7) is 0. The van der Waals surface area contributed by atoms with Gasteiger partial charge in [-0.1, -0.05) is 83.9 Å². The van der Waals surface area contributed by atoms with E-state index < -0.39 is 0 Å². The van der Waals surface area contributed by atoms with Gasteiger partial charge >= 0.3 is 0 Å². The fourth-order valence-corrected chi connectivity index (χ4v) is 6.30. The van der Waals surface area contributed by atoms with Crippen LogP contribution in [-0.4, -0.2) is 33.6 Å². The minimum absolute atomic E-state index is 0.157. The van der Waals surface area contributed by atoms with Crippen LogP contribution in [0.3, 0.4) is 0 Å². The van der Waals surface area contributed by atoms with Crippen LogP contribution in [0.25, 0.3) is 22.4 Å². The lowest BCUT2D eigenvalue weighted by atomic mass is 10.1. The molecule has 0 bridgehead atoms. The van der Waals surface area contributed by atoms with Crippen molar-refractivity contribution in [1.82, 2.24) is 9.97 Å². The molecule has 0 fully saturated rings. The molecule has 7 aromatic rings. The first kappa shape index (κ1) is 36.6. The molecule has 0 aliphatic carbocycles. The zero-order valence-electron chi connectivity index (χ0n) is 29.0. The number of carbonyl (C=O) groups is 4. The number of aromatic amines is 1. The quantitative estimate of drug-likeness (QED) is 0.0891. The Bertz CT molecular complexity index is 2520. The zero-order chi connectivity index (χ0) is 38.3. The zero-order valence-corrected chi connectivity index (χ0v) is 30.5. The minimum atomic E-state index is -0.380. The van der Waals surface area contributed by atoms with E-state index in [0.717, 1.165) is 11.1 Å². The number of benzene rings is 6. The number of rotatable bonds is 11. The van der Waals surface area contributed by atoms with Crippen molar-refractivity contribution in [2.45, 2.75) is 12.8 Å². The van der Waals surface area contributed by atoms with Gasteiger partial charge in [0.05, 0.1) is 45.3 Å². The molecule has 1 heterocycles. The van der Waals surface area contributed by atoms with Gasteiger partial charge in [-0.05, 0) is 90.0 Å². The van der Waals surface area contributed by atoms with E-state index in [-0.39, 0.29) is 46.5 Å². The van der Waals surface area contributed by atoms with Crippen molar-refractivity contribution in [3.63, 3.8) is 0 Å². The fraction of sp³-hybridized carbons (Fsp3) is 0.0465. The summed E-state index contributed by atoms with van der Waals surface area (Å²) in [5.41, 5.74) is 6.24. The molecular formula is C43H32Cl2N6O4. The van der Waals surface area contributed by atoms with Crippen molar-refractivity contribution in [1.29, 1.82) is 0 Å². The van der Waals surface area contributed by atoms with Gasteiger partial charge in [-0.2, -0.15) is 0 Å². The van der Waals surface area contributed by atoms with Gasteiger partial charge in [-0.25, -0.2) is 4.98 Å². The fourth-order valence-electron chi connectivity index (χ4n) is 5.81. The Morgan fingerprint density at radius 2 is 1.04 bits per heavy atom. The van der Waals surface area contributed by atoms with Gasteiger partial charge in [0, 0.05) is 28.1 Å². The number of hydrogen-bond acceptors (Lipinski definition) is 5. The summed E-state index contributed by atoms with van der Waals surface area (Å²) in [6, 6.07) is 40.5. The van der Waals surface area contributed by atoms with Crippen LogP contribution in [0.4, 0.5) is 22.7 Å². The largest absolute Gasteiger partial charge is 0.337 e. The second-order valence-corrected chi connectivity index (χ2v) is 13.4. The Balaban J connectivity index is 0.962. The van der Waals surface area contributed by atoms with E-state index >= 15 is 0 Å². The van der Waals surface area contributed by atoms with Crippen molar-refractivity contribution in [2.24, 2.45) is 0 Å². The van der Waals surface area contributed by atoms with Crippen LogP contribution in [-0.2, 0) is 22.4 Å². The van der Waals surface area contributed by atoms with Crippen LogP contribution >= 0.6 is 23.2 Å². The van der Waals surface area contributed by atoms with Crippen LogP contribution in [0.2, 0.25) is 10.0 Å². The lowest BCUT2D eigenvalue weighted by Gasteiger charge is -2.10. The number of imidazole rings is 1. The number of anilines is 4. The number of hydrogen-bond donors (Lipinski definition) is 5. The molecule has 0 aliphatic heterocycles. The Morgan fingerprint density at radius 3 is 1.55 bits per heavy atom. The maximum atomic E-state index is 13.1. The molecule has 55 heavy (non-hydrogen) atoms. The lowest BCUT2D eigenvalue weighted by Crippen LogP contribution is -2.15. The molecule has 0 unspecified atom stereocenters. The molecule has 10 nitrogen and oxygen atoms in total. The molecule has 6 aromatic carbocycles. The molecule has 4 amide bonds. The molecule has 0 saturated carbocycles. The number of fused-ring (bicyclic) bond motifs is 1. The van der Waals surface area contributed by atoms with E-state index in [0.29, 0.717) is 56.3 Å². The highest BCUT2D eigenvalue weighted by molar-refractivity contribution is 6.38. The Kier molecular flexibility index (Phi) is 11.0. The summed E-state index contributed by atoms with van der Waals surface area (Å²) in [7, 11) is 0. The molecule has 0 spiro atoms. The first-order valence-corrected chi connectivity index (χ1v) is 17.9. The summed E-state index contributed by atoms with van der Waals surface area (Å²) in [5.74, 6) is -0.586. The van der Waals surface area contributed by atoms with Crippen LogP contribution < -0.4 is 21.3 Å². The number of halogens is 2. The molecule has 12 heteroatoms. The Morgan fingerprint density at radius 1 is 0.545 bits per heavy atom. The van der Waals surface area contributed by atoms with Gasteiger partial charge < -0.3 is 26.3 Å². The highest BCUT2D eigenvalue weighted by Gasteiger charge is 2.17. The number of carbonyl (C=O) groups excluding carboxylic acids is 4. The number of H-pyrrole nitrogens is 1. The maximum absolute atomic E-state index is 13.1. The smallest absolute Gasteiger partial charge is 0.255 e. The van der Waals surface area contributed by atoms with Crippen LogP contribution in [0.1, 0.15) is 31.8 Å². The van der Waals surface area contributed by atoms with Crippen molar-refractivity contribution < 1.29 is 19.2 Å². The first-order valence-electron chi connectivity index (χ1n) is 17.2. The van der Waals surface area contributed by atoms with E-state index in [1.165, 1.54) is 0 Å². The van der Waals surface area contributed by atoms with E-state index in [9.17, 15) is 19.2 Å². The van der Waals surface area contributed by atoms with Gasteiger partial charge in [0.15, 0.2) is 0 Å². The van der Waals surface area contributed by atoms with Gasteiger partial charge in [0.2, 0.25) is 11.8 Å². The number of nitrogens with zero attached hydrogens (tertiary/aromatic N) is 1. The number of nitrogens with one attached hydrogen (secondary N) is 5. The maximum Gasteiger partial charge on any atom is 0.255 e. The van der Waals surface area contributed by atoms with Crippen LogP contribution in [0.15, 0.2) is 140 Å². The Hall–Kier alpha value is -6.75. The van der Waals surface area contributed by atoms with Gasteiger partial charge in [0.25, 0.3) is 11.8 Å². The topological polar surface area (TPSA) is 145 Å². The second-order valence-electron chi connectivity index (χ2n) is 12.6. The third kappa shape index (κ3) is 9.08. The molecule has 0 radical (unpaired) electrons. The van der Waals surface area contributed by atoms with Gasteiger partial charge in [0.1, 0.15) is 5.82 Å². The third-order valence-electron chi connectivity index (χ3n) is 8.61. The molecule has 0 saturated heterocycles. The second kappa shape index (κ2) is 16.5. The van der Waals surface area contributed by atoms with E-state index in [2.05, 4.69) is 31.2 Å². The average Bonchev–Trinajstić information content (AvgIpc) is 3.63. The summed E-state index contributed by atoms with van der Waals surface area (Å²) in [6.07, 6.45) is 0.488. The molecule has 7 rings (SSSR count). The Labute approximate surface area is 325 Å². The highest BCUT2D eigenvalue weighted by atomic mass is 35.5. The van der Waals surface area contributed by atoms with Gasteiger partial charge in [-0.15, -0.1) is 0 Å². The molecule has 1 aromatic heterocycles. The average molecular weight is 768 g/mol. The molecule has 0 aliphatic rings. The van der Waals surface area contributed by atoms with Crippen LogP contribution in [0.5, 0.6) is 0 Å². The van der Waals surface area contributed by atoms with Crippen molar-refractivity contribution >= 4 is 80.6 Å². The minimum Gasteiger partial charge on any atom is -0.337 e. The first-order chi connectivity index (χ1) is 26.7. The molecular weight excluding hydrogens is 735 g/mol. The normalized spacial score (nSPS) is 10.8. The van der Waals surface area contributed by atoms with Crippen LogP contribution in [0, 0.1) is 0 Å². The van der Waals surface area contributed by atoms with E-state index in [1.54, 1.807) is 78.9 Å². The summed E-state index contributed by atoms with van der Waals surface area (Å²) >= 11 is 13.3.